The highest BCUT2D eigenvalue weighted by atomic mass is 79.9. The lowest BCUT2D eigenvalue weighted by molar-refractivity contribution is 0.305. The highest BCUT2D eigenvalue weighted by Gasteiger charge is 2.05. The molecule has 2 rings (SSSR count). The van der Waals surface area contributed by atoms with Gasteiger partial charge in [0.25, 0.3) is 0 Å². The molecule has 0 heterocycles. The van der Waals surface area contributed by atoms with Crippen LogP contribution in [-0.4, -0.2) is 14.2 Å². The van der Waals surface area contributed by atoms with E-state index in [1.165, 1.54) is 5.56 Å². The van der Waals surface area contributed by atoms with E-state index in [-0.39, 0.29) is 0 Å². The summed E-state index contributed by atoms with van der Waals surface area (Å²) in [4.78, 5) is 0. The van der Waals surface area contributed by atoms with E-state index in [4.69, 9.17) is 9.47 Å². The normalized spacial score (nSPS) is 12.0. The summed E-state index contributed by atoms with van der Waals surface area (Å²) in [7, 11) is 3.61. The number of hydrogen-bond donors (Lipinski definition) is 1. The summed E-state index contributed by atoms with van der Waals surface area (Å²) in [6.45, 7) is 2.65. The SMILES string of the molecule is CNC(C)c1cccc(OCc2ccc(OC)c(Br)c2)c1. The van der Waals surface area contributed by atoms with Crippen molar-refractivity contribution >= 4 is 15.9 Å². The first kappa shape index (κ1) is 15.9. The number of rotatable bonds is 6. The van der Waals surface area contributed by atoms with Crippen molar-refractivity contribution < 1.29 is 9.47 Å². The van der Waals surface area contributed by atoms with Gasteiger partial charge in [0.05, 0.1) is 11.6 Å². The smallest absolute Gasteiger partial charge is 0.133 e. The number of hydrogen-bond acceptors (Lipinski definition) is 3. The third-order valence-electron chi connectivity index (χ3n) is 3.41. The van der Waals surface area contributed by atoms with Crippen molar-refractivity contribution in [3.8, 4) is 11.5 Å². The summed E-state index contributed by atoms with van der Waals surface area (Å²) in [5.74, 6) is 1.70. The van der Waals surface area contributed by atoms with E-state index in [2.05, 4.69) is 40.3 Å². The Morgan fingerprint density at radius 2 is 2.00 bits per heavy atom. The van der Waals surface area contributed by atoms with Crippen LogP contribution in [0.3, 0.4) is 0 Å². The molecular weight excluding hydrogens is 330 g/mol. The Balaban J connectivity index is 2.04. The Morgan fingerprint density at radius 3 is 2.67 bits per heavy atom. The maximum atomic E-state index is 5.87. The number of benzene rings is 2. The number of nitrogens with one attached hydrogen (secondary N) is 1. The van der Waals surface area contributed by atoms with Crippen LogP contribution >= 0.6 is 15.9 Å². The van der Waals surface area contributed by atoms with Gasteiger partial charge in [0.2, 0.25) is 0 Å². The molecule has 0 aliphatic carbocycles. The lowest BCUT2D eigenvalue weighted by Gasteiger charge is -2.13. The lowest BCUT2D eigenvalue weighted by atomic mass is 10.1. The number of halogens is 1. The maximum absolute atomic E-state index is 5.87. The second kappa shape index (κ2) is 7.48. The average molecular weight is 350 g/mol. The van der Waals surface area contributed by atoms with Gasteiger partial charge in [-0.1, -0.05) is 18.2 Å². The molecule has 0 aliphatic rings. The molecule has 0 saturated heterocycles. The molecule has 112 valence electrons. The van der Waals surface area contributed by atoms with Crippen LogP contribution in [0.4, 0.5) is 0 Å². The van der Waals surface area contributed by atoms with Crippen LogP contribution in [0, 0.1) is 0 Å². The van der Waals surface area contributed by atoms with Gasteiger partial charge in [-0.25, -0.2) is 0 Å². The Bertz CT molecular complexity index is 601. The Labute approximate surface area is 134 Å². The lowest BCUT2D eigenvalue weighted by Crippen LogP contribution is -2.12. The zero-order valence-corrected chi connectivity index (χ0v) is 14.1. The summed E-state index contributed by atoms with van der Waals surface area (Å²) >= 11 is 3.48. The fourth-order valence-corrected chi connectivity index (χ4v) is 2.59. The molecule has 0 amide bonds. The number of ether oxygens (including phenoxy) is 2. The van der Waals surface area contributed by atoms with Gasteiger partial charge in [-0.2, -0.15) is 0 Å². The molecule has 1 unspecified atom stereocenters. The molecule has 0 saturated carbocycles. The molecule has 4 heteroatoms. The fourth-order valence-electron chi connectivity index (χ4n) is 2.01. The molecule has 1 N–H and O–H groups in total. The van der Waals surface area contributed by atoms with Crippen LogP contribution in [0.2, 0.25) is 0 Å². The Morgan fingerprint density at radius 1 is 1.19 bits per heavy atom. The van der Waals surface area contributed by atoms with Crippen molar-refractivity contribution in [3.05, 3.63) is 58.1 Å². The molecule has 0 aliphatic heterocycles. The molecule has 0 radical (unpaired) electrons. The van der Waals surface area contributed by atoms with Gasteiger partial charge in [0.15, 0.2) is 0 Å². The van der Waals surface area contributed by atoms with Crippen molar-refractivity contribution in [2.75, 3.05) is 14.2 Å². The van der Waals surface area contributed by atoms with Crippen LogP contribution in [0.5, 0.6) is 11.5 Å². The van der Waals surface area contributed by atoms with Crippen LogP contribution < -0.4 is 14.8 Å². The largest absolute Gasteiger partial charge is 0.496 e. The zero-order chi connectivity index (χ0) is 15.2. The molecule has 3 nitrogen and oxygen atoms in total. The molecular formula is C17H20BrNO2. The van der Waals surface area contributed by atoms with E-state index < -0.39 is 0 Å². The summed E-state index contributed by atoms with van der Waals surface area (Å²) in [6, 6.07) is 14.4. The molecule has 1 atom stereocenters. The molecule has 0 bridgehead atoms. The van der Waals surface area contributed by atoms with Crippen molar-refractivity contribution in [1.29, 1.82) is 0 Å². The van der Waals surface area contributed by atoms with Crippen molar-refractivity contribution in [2.45, 2.75) is 19.6 Å². The predicted octanol–water partition coefficient (Wildman–Crippen LogP) is 4.32. The van der Waals surface area contributed by atoms with Gasteiger partial charge < -0.3 is 14.8 Å². The van der Waals surface area contributed by atoms with Gasteiger partial charge in [0.1, 0.15) is 18.1 Å². The second-order valence-corrected chi connectivity index (χ2v) is 5.69. The molecule has 0 aromatic heterocycles. The topological polar surface area (TPSA) is 30.5 Å². The third kappa shape index (κ3) is 4.22. The fraction of sp³-hybridized carbons (Fsp3) is 0.294. The van der Waals surface area contributed by atoms with E-state index in [1.807, 2.05) is 37.4 Å². The average Bonchev–Trinajstić information content (AvgIpc) is 2.52. The molecule has 2 aromatic rings. The van der Waals surface area contributed by atoms with E-state index in [9.17, 15) is 0 Å². The Hall–Kier alpha value is -1.52. The van der Waals surface area contributed by atoms with Crippen molar-refractivity contribution in [3.63, 3.8) is 0 Å². The quantitative estimate of drug-likeness (QED) is 0.842. The maximum Gasteiger partial charge on any atom is 0.133 e. The van der Waals surface area contributed by atoms with Crippen molar-refractivity contribution in [2.24, 2.45) is 0 Å². The van der Waals surface area contributed by atoms with Crippen LogP contribution in [0.15, 0.2) is 46.9 Å². The van der Waals surface area contributed by atoms with E-state index in [0.29, 0.717) is 12.6 Å². The van der Waals surface area contributed by atoms with E-state index in [1.54, 1.807) is 7.11 Å². The summed E-state index contributed by atoms with van der Waals surface area (Å²) in [5, 5.41) is 3.23. The first-order valence-electron chi connectivity index (χ1n) is 6.86. The van der Waals surface area contributed by atoms with Crippen molar-refractivity contribution in [1.82, 2.24) is 5.32 Å². The summed E-state index contributed by atoms with van der Waals surface area (Å²) in [5.41, 5.74) is 2.31. The minimum atomic E-state index is 0.309. The Kier molecular flexibility index (Phi) is 5.65. The van der Waals surface area contributed by atoms with E-state index >= 15 is 0 Å². The molecule has 2 aromatic carbocycles. The second-order valence-electron chi connectivity index (χ2n) is 4.84. The van der Waals surface area contributed by atoms with Gasteiger partial charge in [0, 0.05) is 6.04 Å². The highest BCUT2D eigenvalue weighted by Crippen LogP contribution is 2.26. The predicted molar refractivity (Wildman–Crippen MR) is 88.9 cm³/mol. The van der Waals surface area contributed by atoms with Crippen LogP contribution in [-0.2, 0) is 6.61 Å². The van der Waals surface area contributed by atoms with Crippen LogP contribution in [0.1, 0.15) is 24.1 Å². The van der Waals surface area contributed by atoms with E-state index in [0.717, 1.165) is 21.5 Å². The van der Waals surface area contributed by atoms with Gasteiger partial charge in [-0.05, 0) is 65.3 Å². The van der Waals surface area contributed by atoms with Gasteiger partial charge in [-0.15, -0.1) is 0 Å². The third-order valence-corrected chi connectivity index (χ3v) is 4.03. The zero-order valence-electron chi connectivity index (χ0n) is 12.5. The summed E-state index contributed by atoms with van der Waals surface area (Å²) in [6.07, 6.45) is 0. The first-order chi connectivity index (χ1) is 10.1. The standard InChI is InChI=1S/C17H20BrNO2/c1-12(19-2)14-5-4-6-15(10-14)21-11-13-7-8-17(20-3)16(18)9-13/h4-10,12,19H,11H2,1-3H3. The minimum Gasteiger partial charge on any atom is -0.496 e. The summed E-state index contributed by atoms with van der Waals surface area (Å²) < 4.78 is 12.0. The van der Waals surface area contributed by atoms with Gasteiger partial charge in [-0.3, -0.25) is 0 Å². The molecule has 21 heavy (non-hydrogen) atoms. The molecule has 0 fully saturated rings. The van der Waals surface area contributed by atoms with Gasteiger partial charge >= 0.3 is 0 Å². The minimum absolute atomic E-state index is 0.309. The first-order valence-corrected chi connectivity index (χ1v) is 7.65. The monoisotopic (exact) mass is 349 g/mol. The highest BCUT2D eigenvalue weighted by molar-refractivity contribution is 9.10. The number of methoxy groups -OCH3 is 1. The molecule has 0 spiro atoms. The van der Waals surface area contributed by atoms with Crippen LogP contribution in [0.25, 0.3) is 0 Å².